The lowest BCUT2D eigenvalue weighted by Gasteiger charge is -2.33. The van der Waals surface area contributed by atoms with E-state index in [4.69, 9.17) is 4.74 Å². The lowest BCUT2D eigenvalue weighted by molar-refractivity contribution is 0.0596. The number of piperidine rings is 1. The molecule has 0 aromatic heterocycles. The Hall–Kier alpha value is -0.870. The molecule has 1 heterocycles. The van der Waals surface area contributed by atoms with E-state index in [1.54, 1.807) is 0 Å². The minimum Gasteiger partial charge on any atom is -0.465 e. The smallest absolute Gasteiger partial charge is 0.338 e. The van der Waals surface area contributed by atoms with Crippen LogP contribution >= 0.6 is 15.9 Å². The van der Waals surface area contributed by atoms with E-state index in [1.807, 2.05) is 18.2 Å². The summed E-state index contributed by atoms with van der Waals surface area (Å²) in [7, 11) is 1.43. The topological polar surface area (TPSA) is 29.5 Å². The summed E-state index contributed by atoms with van der Waals surface area (Å²) in [6.45, 7) is 4.17. The van der Waals surface area contributed by atoms with E-state index in [2.05, 4.69) is 27.8 Å². The standard InChI is InChI=1S/C15H20BrNO2/c1-11-5-3-4-8-17(11)10-12-9-13(16)6-7-14(12)15(18)19-2/h6-7,9,11H,3-5,8,10H2,1-2H3. The monoisotopic (exact) mass is 325 g/mol. The van der Waals surface area contributed by atoms with Crippen LogP contribution in [-0.2, 0) is 11.3 Å². The Morgan fingerprint density at radius 2 is 2.26 bits per heavy atom. The number of likely N-dealkylation sites (tertiary alicyclic amines) is 1. The normalized spacial score (nSPS) is 20.3. The van der Waals surface area contributed by atoms with Gasteiger partial charge in [-0.25, -0.2) is 4.79 Å². The highest BCUT2D eigenvalue weighted by Gasteiger charge is 2.21. The van der Waals surface area contributed by atoms with Crippen molar-refractivity contribution in [3.05, 3.63) is 33.8 Å². The first kappa shape index (κ1) is 14.5. The zero-order chi connectivity index (χ0) is 13.8. The Morgan fingerprint density at radius 3 is 2.95 bits per heavy atom. The van der Waals surface area contributed by atoms with Crippen molar-refractivity contribution in [2.75, 3.05) is 13.7 Å². The van der Waals surface area contributed by atoms with Crippen molar-refractivity contribution in [1.82, 2.24) is 4.90 Å². The zero-order valence-corrected chi connectivity index (χ0v) is 13.1. The van der Waals surface area contributed by atoms with Gasteiger partial charge in [0.05, 0.1) is 12.7 Å². The second-order valence-corrected chi connectivity index (χ2v) is 6.02. The van der Waals surface area contributed by atoms with Gasteiger partial charge in [0, 0.05) is 17.1 Å². The lowest BCUT2D eigenvalue weighted by Crippen LogP contribution is -2.37. The van der Waals surface area contributed by atoms with Crippen molar-refractivity contribution in [3.8, 4) is 0 Å². The van der Waals surface area contributed by atoms with Crippen LogP contribution in [0.2, 0.25) is 0 Å². The number of halogens is 1. The fraction of sp³-hybridized carbons (Fsp3) is 0.533. The number of hydrogen-bond acceptors (Lipinski definition) is 3. The highest BCUT2D eigenvalue weighted by atomic mass is 79.9. The van der Waals surface area contributed by atoms with Crippen LogP contribution in [0.3, 0.4) is 0 Å². The lowest BCUT2D eigenvalue weighted by atomic mass is 10.0. The highest BCUT2D eigenvalue weighted by molar-refractivity contribution is 9.10. The Morgan fingerprint density at radius 1 is 1.47 bits per heavy atom. The first-order chi connectivity index (χ1) is 9.11. The van der Waals surface area contributed by atoms with Crippen molar-refractivity contribution < 1.29 is 9.53 Å². The number of benzene rings is 1. The molecular formula is C15H20BrNO2. The van der Waals surface area contributed by atoms with Gasteiger partial charge in [-0.05, 0) is 50.1 Å². The van der Waals surface area contributed by atoms with Crippen LogP contribution in [-0.4, -0.2) is 30.6 Å². The molecule has 1 saturated heterocycles. The average molecular weight is 326 g/mol. The Labute approximate surface area is 123 Å². The minimum absolute atomic E-state index is 0.257. The van der Waals surface area contributed by atoms with Crippen molar-refractivity contribution in [3.63, 3.8) is 0 Å². The molecule has 1 aromatic rings. The van der Waals surface area contributed by atoms with E-state index in [0.29, 0.717) is 11.6 Å². The molecule has 3 nitrogen and oxygen atoms in total. The third kappa shape index (κ3) is 3.57. The molecule has 1 aliphatic rings. The summed E-state index contributed by atoms with van der Waals surface area (Å²) in [5.41, 5.74) is 1.71. The molecule has 0 N–H and O–H groups in total. The van der Waals surface area contributed by atoms with Gasteiger partial charge in [-0.15, -0.1) is 0 Å². The largest absolute Gasteiger partial charge is 0.465 e. The van der Waals surface area contributed by atoms with Gasteiger partial charge in [0.1, 0.15) is 0 Å². The summed E-state index contributed by atoms with van der Waals surface area (Å²) in [4.78, 5) is 14.3. The molecule has 1 aliphatic heterocycles. The van der Waals surface area contributed by atoms with Crippen molar-refractivity contribution in [2.45, 2.75) is 38.8 Å². The summed E-state index contributed by atoms with van der Waals surface area (Å²) >= 11 is 3.48. The third-order valence-electron chi connectivity index (χ3n) is 3.79. The van der Waals surface area contributed by atoms with E-state index >= 15 is 0 Å². The summed E-state index contributed by atoms with van der Waals surface area (Å²) in [5, 5.41) is 0. The number of nitrogens with zero attached hydrogens (tertiary/aromatic N) is 1. The molecule has 0 aliphatic carbocycles. The molecule has 104 valence electrons. The van der Waals surface area contributed by atoms with Gasteiger partial charge in [-0.3, -0.25) is 4.90 Å². The van der Waals surface area contributed by atoms with Crippen LogP contribution in [0.25, 0.3) is 0 Å². The predicted molar refractivity (Wildman–Crippen MR) is 79.2 cm³/mol. The maximum Gasteiger partial charge on any atom is 0.338 e. The van der Waals surface area contributed by atoms with E-state index in [9.17, 15) is 4.79 Å². The number of rotatable bonds is 3. The molecule has 1 unspecified atom stereocenters. The van der Waals surface area contributed by atoms with Crippen LogP contribution in [0.1, 0.15) is 42.1 Å². The van der Waals surface area contributed by atoms with E-state index in [0.717, 1.165) is 23.1 Å². The molecule has 4 heteroatoms. The molecule has 0 radical (unpaired) electrons. The first-order valence-corrected chi connectivity index (χ1v) is 7.52. The van der Waals surface area contributed by atoms with Gasteiger partial charge in [-0.1, -0.05) is 22.4 Å². The second kappa shape index (κ2) is 6.53. The van der Waals surface area contributed by atoms with Crippen molar-refractivity contribution in [1.29, 1.82) is 0 Å². The maximum atomic E-state index is 11.8. The van der Waals surface area contributed by atoms with E-state index in [-0.39, 0.29) is 5.97 Å². The molecular weight excluding hydrogens is 306 g/mol. The van der Waals surface area contributed by atoms with Crippen LogP contribution in [0.15, 0.2) is 22.7 Å². The number of ether oxygens (including phenoxy) is 1. The molecule has 1 fully saturated rings. The van der Waals surface area contributed by atoms with Crippen LogP contribution in [0.4, 0.5) is 0 Å². The zero-order valence-electron chi connectivity index (χ0n) is 11.5. The summed E-state index contributed by atoms with van der Waals surface area (Å²) in [6, 6.07) is 6.32. The number of carbonyl (C=O) groups is 1. The first-order valence-electron chi connectivity index (χ1n) is 6.72. The number of carbonyl (C=O) groups excluding carboxylic acids is 1. The molecule has 1 atom stereocenters. The Kier molecular flexibility index (Phi) is 4.99. The molecule has 0 bridgehead atoms. The summed E-state index contributed by atoms with van der Waals surface area (Å²) < 4.78 is 5.86. The van der Waals surface area contributed by atoms with Gasteiger partial charge in [0.25, 0.3) is 0 Å². The average Bonchev–Trinajstić information content (AvgIpc) is 2.41. The van der Waals surface area contributed by atoms with Gasteiger partial charge >= 0.3 is 5.97 Å². The maximum absolute atomic E-state index is 11.8. The predicted octanol–water partition coefficient (Wildman–Crippen LogP) is 3.61. The van der Waals surface area contributed by atoms with Gasteiger partial charge in [0.2, 0.25) is 0 Å². The Balaban J connectivity index is 2.22. The molecule has 19 heavy (non-hydrogen) atoms. The van der Waals surface area contributed by atoms with Crippen molar-refractivity contribution >= 4 is 21.9 Å². The highest BCUT2D eigenvalue weighted by Crippen LogP contribution is 2.23. The van der Waals surface area contributed by atoms with Crippen LogP contribution < -0.4 is 0 Å². The molecule has 0 amide bonds. The van der Waals surface area contributed by atoms with Crippen molar-refractivity contribution in [2.24, 2.45) is 0 Å². The second-order valence-electron chi connectivity index (χ2n) is 5.11. The number of hydrogen-bond donors (Lipinski definition) is 0. The molecule has 2 rings (SSSR count). The SMILES string of the molecule is COC(=O)c1ccc(Br)cc1CN1CCCCC1C. The van der Waals surface area contributed by atoms with E-state index < -0.39 is 0 Å². The fourth-order valence-corrected chi connectivity index (χ4v) is 3.02. The van der Waals surface area contributed by atoms with Crippen LogP contribution in [0.5, 0.6) is 0 Å². The quantitative estimate of drug-likeness (QED) is 0.795. The molecule has 0 saturated carbocycles. The summed E-state index contributed by atoms with van der Waals surface area (Å²) in [6.07, 6.45) is 3.79. The van der Waals surface area contributed by atoms with Crippen LogP contribution in [0, 0.1) is 0 Å². The number of esters is 1. The molecule has 1 aromatic carbocycles. The van der Waals surface area contributed by atoms with Gasteiger partial charge in [-0.2, -0.15) is 0 Å². The van der Waals surface area contributed by atoms with Gasteiger partial charge < -0.3 is 4.74 Å². The Bertz CT molecular complexity index is 461. The van der Waals surface area contributed by atoms with E-state index in [1.165, 1.54) is 26.4 Å². The minimum atomic E-state index is -0.257. The fourth-order valence-electron chi connectivity index (χ4n) is 2.61. The number of methoxy groups -OCH3 is 1. The van der Waals surface area contributed by atoms with Gasteiger partial charge in [0.15, 0.2) is 0 Å². The summed E-state index contributed by atoms with van der Waals surface area (Å²) in [5.74, 6) is -0.257. The molecule has 0 spiro atoms. The third-order valence-corrected chi connectivity index (χ3v) is 4.28.